The number of rotatable bonds is 3. The minimum atomic E-state index is -0.216. The Hall–Kier alpha value is -2.73. The number of pyridine rings is 1. The SMILES string of the molecule is CCC(=O)N1[C@H](CO)[C@H]2c3ccccc3N(C(=O)c3ccncc3)C[C@H]21. The number of likely N-dealkylation sites (tertiary alicyclic amines) is 1. The van der Waals surface area contributed by atoms with E-state index >= 15 is 0 Å². The van der Waals surface area contributed by atoms with Gasteiger partial charge in [-0.25, -0.2) is 0 Å². The smallest absolute Gasteiger partial charge is 0.258 e. The Morgan fingerprint density at radius 2 is 1.92 bits per heavy atom. The van der Waals surface area contributed by atoms with Crippen molar-refractivity contribution in [1.29, 1.82) is 0 Å². The summed E-state index contributed by atoms with van der Waals surface area (Å²) in [6.45, 7) is 2.19. The second-order valence-electron chi connectivity index (χ2n) is 6.71. The molecule has 4 rings (SSSR count). The summed E-state index contributed by atoms with van der Waals surface area (Å²) in [5.74, 6) is -0.0242. The number of benzene rings is 1. The number of hydrogen-bond donors (Lipinski definition) is 1. The number of carbonyl (C=O) groups excluding carboxylic acids is 2. The highest BCUT2D eigenvalue weighted by atomic mass is 16.3. The lowest BCUT2D eigenvalue weighted by Gasteiger charge is -2.59. The molecule has 1 N–H and O–H groups in total. The van der Waals surface area contributed by atoms with Gasteiger partial charge in [-0.1, -0.05) is 25.1 Å². The van der Waals surface area contributed by atoms with Gasteiger partial charge in [0, 0.05) is 42.5 Å². The van der Waals surface area contributed by atoms with E-state index in [9.17, 15) is 14.7 Å². The summed E-state index contributed by atoms with van der Waals surface area (Å²) in [6, 6.07) is 10.9. The lowest BCUT2D eigenvalue weighted by molar-refractivity contribution is -0.149. The van der Waals surface area contributed by atoms with Crippen LogP contribution in [0.15, 0.2) is 48.8 Å². The lowest BCUT2D eigenvalue weighted by atomic mass is 9.71. The summed E-state index contributed by atoms with van der Waals surface area (Å²) < 4.78 is 0. The van der Waals surface area contributed by atoms with Crippen LogP contribution in [-0.2, 0) is 4.79 Å². The van der Waals surface area contributed by atoms with Gasteiger partial charge in [-0.05, 0) is 23.8 Å². The number of anilines is 1. The Morgan fingerprint density at radius 1 is 1.19 bits per heavy atom. The molecule has 0 spiro atoms. The predicted molar refractivity (Wildman–Crippen MR) is 96.9 cm³/mol. The average molecular weight is 351 g/mol. The molecule has 3 heterocycles. The van der Waals surface area contributed by atoms with Crippen molar-refractivity contribution < 1.29 is 14.7 Å². The molecule has 2 aliphatic rings. The summed E-state index contributed by atoms with van der Waals surface area (Å²) in [5, 5.41) is 9.84. The van der Waals surface area contributed by atoms with Crippen molar-refractivity contribution in [2.75, 3.05) is 18.1 Å². The molecule has 0 unspecified atom stereocenters. The number of nitrogens with zero attached hydrogens (tertiary/aromatic N) is 3. The zero-order valence-corrected chi connectivity index (χ0v) is 14.6. The van der Waals surface area contributed by atoms with Crippen LogP contribution in [-0.4, -0.2) is 52.0 Å². The Kier molecular flexibility index (Phi) is 4.20. The molecule has 3 atom stereocenters. The van der Waals surface area contributed by atoms with Crippen LogP contribution in [0, 0.1) is 0 Å². The van der Waals surface area contributed by atoms with E-state index in [1.165, 1.54) is 0 Å². The number of aliphatic hydroxyl groups excluding tert-OH is 1. The van der Waals surface area contributed by atoms with Crippen LogP contribution in [0.3, 0.4) is 0 Å². The Morgan fingerprint density at radius 3 is 2.62 bits per heavy atom. The fraction of sp³-hybridized carbons (Fsp3) is 0.350. The van der Waals surface area contributed by atoms with Crippen molar-refractivity contribution >= 4 is 17.5 Å². The van der Waals surface area contributed by atoms with Gasteiger partial charge in [-0.2, -0.15) is 0 Å². The maximum atomic E-state index is 13.1. The standard InChI is InChI=1S/C20H21N3O3/c1-2-18(25)23-16-11-22(20(26)13-7-9-21-10-8-13)15-6-4-3-5-14(15)19(16)17(23)12-24/h3-10,16-17,19,24H,2,11-12H2,1H3/t16-,17-,19+/m1/s1. The first-order valence-electron chi connectivity index (χ1n) is 8.90. The van der Waals surface area contributed by atoms with E-state index in [1.807, 2.05) is 31.2 Å². The largest absolute Gasteiger partial charge is 0.394 e. The second kappa shape index (κ2) is 6.53. The molecule has 1 aromatic carbocycles. The summed E-state index contributed by atoms with van der Waals surface area (Å²) >= 11 is 0. The number of aromatic nitrogens is 1. The molecule has 26 heavy (non-hydrogen) atoms. The number of hydrogen-bond acceptors (Lipinski definition) is 4. The van der Waals surface area contributed by atoms with Crippen molar-refractivity contribution in [3.05, 3.63) is 59.9 Å². The number of fused-ring (bicyclic) bond motifs is 3. The fourth-order valence-electron chi connectivity index (χ4n) is 4.26. The predicted octanol–water partition coefficient (Wildman–Crippen LogP) is 1.81. The first-order valence-corrected chi connectivity index (χ1v) is 8.90. The molecule has 6 heteroatoms. The molecule has 1 fully saturated rings. The molecular formula is C20H21N3O3. The molecular weight excluding hydrogens is 330 g/mol. The number of aliphatic hydroxyl groups is 1. The molecule has 0 saturated carbocycles. The van der Waals surface area contributed by atoms with Gasteiger partial charge in [0.15, 0.2) is 0 Å². The second-order valence-corrected chi connectivity index (χ2v) is 6.71. The highest BCUT2D eigenvalue weighted by Crippen LogP contribution is 2.48. The fourth-order valence-corrected chi connectivity index (χ4v) is 4.26. The zero-order chi connectivity index (χ0) is 18.3. The van der Waals surface area contributed by atoms with Gasteiger partial charge in [-0.15, -0.1) is 0 Å². The van der Waals surface area contributed by atoms with Gasteiger partial charge < -0.3 is 14.9 Å². The van der Waals surface area contributed by atoms with E-state index in [1.54, 1.807) is 34.3 Å². The molecule has 1 aromatic heterocycles. The number of amides is 2. The molecule has 6 nitrogen and oxygen atoms in total. The first kappa shape index (κ1) is 16.7. The molecule has 0 aliphatic carbocycles. The Balaban J connectivity index is 1.75. The van der Waals surface area contributed by atoms with Crippen LogP contribution in [0.5, 0.6) is 0 Å². The Labute approximate surface area is 152 Å². The van der Waals surface area contributed by atoms with Crippen LogP contribution in [0.1, 0.15) is 35.2 Å². The van der Waals surface area contributed by atoms with Gasteiger partial charge in [0.1, 0.15) is 0 Å². The van der Waals surface area contributed by atoms with Crippen molar-refractivity contribution in [2.45, 2.75) is 31.3 Å². The van der Waals surface area contributed by atoms with Gasteiger partial charge >= 0.3 is 0 Å². The van der Waals surface area contributed by atoms with Gasteiger partial charge in [0.25, 0.3) is 5.91 Å². The van der Waals surface area contributed by atoms with Crippen molar-refractivity contribution in [1.82, 2.24) is 9.88 Å². The topological polar surface area (TPSA) is 73.7 Å². The summed E-state index contributed by atoms with van der Waals surface area (Å²) in [5.41, 5.74) is 2.45. The quantitative estimate of drug-likeness (QED) is 0.915. The van der Waals surface area contributed by atoms with Crippen LogP contribution < -0.4 is 4.90 Å². The van der Waals surface area contributed by atoms with Gasteiger partial charge in [0.05, 0.1) is 18.7 Å². The number of para-hydroxylation sites is 1. The third-order valence-corrected chi connectivity index (χ3v) is 5.45. The van der Waals surface area contributed by atoms with Crippen molar-refractivity contribution in [3.8, 4) is 0 Å². The highest BCUT2D eigenvalue weighted by molar-refractivity contribution is 6.07. The normalized spacial score (nSPS) is 23.7. The number of carbonyl (C=O) groups is 2. The van der Waals surface area contributed by atoms with Crippen LogP contribution in [0.25, 0.3) is 0 Å². The third kappa shape index (κ3) is 2.41. The summed E-state index contributed by atoms with van der Waals surface area (Å²) in [7, 11) is 0. The maximum Gasteiger partial charge on any atom is 0.258 e. The molecule has 2 aromatic rings. The van der Waals surface area contributed by atoms with Gasteiger partial charge in [0.2, 0.25) is 5.91 Å². The van der Waals surface area contributed by atoms with Crippen molar-refractivity contribution in [2.24, 2.45) is 0 Å². The molecule has 0 bridgehead atoms. The molecule has 1 saturated heterocycles. The molecule has 2 amide bonds. The van der Waals surface area contributed by atoms with E-state index in [4.69, 9.17) is 0 Å². The van der Waals surface area contributed by atoms with E-state index in [2.05, 4.69) is 4.98 Å². The summed E-state index contributed by atoms with van der Waals surface area (Å²) in [6.07, 6.45) is 3.59. The minimum absolute atomic E-state index is 0.0148. The Bertz CT molecular complexity index is 839. The van der Waals surface area contributed by atoms with Gasteiger partial charge in [-0.3, -0.25) is 14.6 Å². The molecule has 2 aliphatic heterocycles. The van der Waals surface area contributed by atoms with E-state index < -0.39 is 0 Å². The van der Waals surface area contributed by atoms with Crippen LogP contribution in [0.2, 0.25) is 0 Å². The maximum absolute atomic E-state index is 13.1. The molecule has 0 radical (unpaired) electrons. The first-order chi connectivity index (χ1) is 12.7. The minimum Gasteiger partial charge on any atom is -0.394 e. The summed E-state index contributed by atoms with van der Waals surface area (Å²) in [4.78, 5) is 32.9. The van der Waals surface area contributed by atoms with Crippen molar-refractivity contribution in [3.63, 3.8) is 0 Å². The van der Waals surface area contributed by atoms with E-state index in [0.717, 1.165) is 11.3 Å². The van der Waals surface area contributed by atoms with Crippen LogP contribution in [0.4, 0.5) is 5.69 Å². The monoisotopic (exact) mass is 351 g/mol. The third-order valence-electron chi connectivity index (χ3n) is 5.45. The average Bonchev–Trinajstić information content (AvgIpc) is 2.68. The van der Waals surface area contributed by atoms with E-state index in [-0.39, 0.29) is 36.4 Å². The van der Waals surface area contributed by atoms with Crippen LogP contribution >= 0.6 is 0 Å². The lowest BCUT2D eigenvalue weighted by Crippen LogP contribution is -2.70. The highest BCUT2D eigenvalue weighted by Gasteiger charge is 2.54. The van der Waals surface area contributed by atoms with E-state index in [0.29, 0.717) is 18.5 Å². The zero-order valence-electron chi connectivity index (χ0n) is 14.6. The molecule has 134 valence electrons.